The predicted molar refractivity (Wildman–Crippen MR) is 118 cm³/mol. The van der Waals surface area contributed by atoms with Gasteiger partial charge in [0.25, 0.3) is 0 Å². The second kappa shape index (κ2) is 9.94. The Morgan fingerprint density at radius 1 is 1.10 bits per heavy atom. The van der Waals surface area contributed by atoms with Gasteiger partial charge in [0.2, 0.25) is 5.91 Å². The number of esters is 1. The highest BCUT2D eigenvalue weighted by atomic mass is 19.1. The van der Waals surface area contributed by atoms with Crippen molar-refractivity contribution in [2.75, 3.05) is 12.4 Å². The molecule has 0 saturated heterocycles. The zero-order valence-corrected chi connectivity index (χ0v) is 18.4. The van der Waals surface area contributed by atoms with Crippen LogP contribution in [0.5, 0.6) is 5.75 Å². The summed E-state index contributed by atoms with van der Waals surface area (Å²) in [7, 11) is 1.31. The third kappa shape index (κ3) is 5.06. The molecule has 1 amide bonds. The molecule has 0 heterocycles. The smallest absolute Gasteiger partial charge is 0.341 e. The number of anilines is 1. The van der Waals surface area contributed by atoms with E-state index in [9.17, 15) is 14.0 Å². The minimum absolute atomic E-state index is 0.0622. The summed E-state index contributed by atoms with van der Waals surface area (Å²) in [6, 6.07) is 11.2. The summed E-state index contributed by atoms with van der Waals surface area (Å²) in [6.07, 6.45) is 5.06. The summed E-state index contributed by atoms with van der Waals surface area (Å²) in [5, 5.41) is 2.98. The van der Waals surface area contributed by atoms with Crippen LogP contribution in [-0.4, -0.2) is 25.1 Å². The lowest BCUT2D eigenvalue weighted by Crippen LogP contribution is -2.42. The molecule has 2 aromatic rings. The lowest BCUT2D eigenvalue weighted by molar-refractivity contribution is -0.122. The molecule has 1 aliphatic rings. The fourth-order valence-electron chi connectivity index (χ4n) is 4.10. The molecule has 2 aromatic carbocycles. The molecular weight excluding hydrogens is 397 g/mol. The van der Waals surface area contributed by atoms with E-state index in [0.717, 1.165) is 31.2 Å². The molecule has 1 atom stereocenters. The number of halogens is 1. The Labute approximate surface area is 182 Å². The zero-order valence-electron chi connectivity index (χ0n) is 18.4. The van der Waals surface area contributed by atoms with Crippen LogP contribution in [-0.2, 0) is 14.9 Å². The number of hydrogen-bond acceptors (Lipinski definition) is 4. The summed E-state index contributed by atoms with van der Waals surface area (Å²) in [4.78, 5) is 25.8. The molecule has 1 fully saturated rings. The number of ether oxygens (including phenoxy) is 2. The van der Waals surface area contributed by atoms with Gasteiger partial charge in [-0.25, -0.2) is 9.18 Å². The highest BCUT2D eigenvalue weighted by Gasteiger charge is 2.41. The summed E-state index contributed by atoms with van der Waals surface area (Å²) < 4.78 is 24.2. The number of nitrogens with one attached hydrogen (secondary N) is 1. The van der Waals surface area contributed by atoms with Crippen LogP contribution >= 0.6 is 0 Å². The fraction of sp³-hybridized carbons (Fsp3) is 0.440. The van der Waals surface area contributed by atoms with Crippen LogP contribution in [0.4, 0.5) is 10.1 Å². The van der Waals surface area contributed by atoms with Crippen LogP contribution in [0.1, 0.15) is 68.3 Å². The quantitative estimate of drug-likeness (QED) is 0.582. The first-order chi connectivity index (χ1) is 14.9. The standard InChI is InChI=1S/C25H30FNO4/c1-4-17(2)31-22-13-12-20(16-21(22)23(28)30-3)27-24(29)25(14-6-5-7-15-25)18-8-10-19(26)11-9-18/h8-13,16-17H,4-7,14-15H2,1-3H3,(H,27,29)/t17-/m1/s1. The number of carbonyl (C=O) groups is 2. The molecule has 0 unspecified atom stereocenters. The van der Waals surface area contributed by atoms with Crippen LogP contribution in [0.15, 0.2) is 42.5 Å². The Bertz CT molecular complexity index is 920. The van der Waals surface area contributed by atoms with Crippen molar-refractivity contribution >= 4 is 17.6 Å². The molecule has 0 aromatic heterocycles. The molecule has 1 saturated carbocycles. The zero-order chi connectivity index (χ0) is 22.4. The largest absolute Gasteiger partial charge is 0.490 e. The minimum Gasteiger partial charge on any atom is -0.490 e. The number of rotatable bonds is 7. The SMILES string of the molecule is CC[C@@H](C)Oc1ccc(NC(=O)C2(c3ccc(F)cc3)CCCCC2)cc1C(=O)OC. The first-order valence-corrected chi connectivity index (χ1v) is 10.9. The van der Waals surface area contributed by atoms with Crippen LogP contribution in [0.3, 0.4) is 0 Å². The molecule has 3 rings (SSSR count). The maximum atomic E-state index is 13.5. The number of amides is 1. The van der Waals surface area contributed by atoms with Gasteiger partial charge in [-0.3, -0.25) is 4.79 Å². The van der Waals surface area contributed by atoms with E-state index in [1.165, 1.54) is 19.2 Å². The molecule has 1 N–H and O–H groups in total. The third-order valence-electron chi connectivity index (χ3n) is 6.08. The fourth-order valence-corrected chi connectivity index (χ4v) is 4.10. The average Bonchev–Trinajstić information content (AvgIpc) is 2.80. The number of benzene rings is 2. The Hall–Kier alpha value is -2.89. The van der Waals surface area contributed by atoms with Crippen molar-refractivity contribution in [2.45, 2.75) is 63.9 Å². The molecule has 5 nitrogen and oxygen atoms in total. The van der Waals surface area contributed by atoms with Crippen molar-refractivity contribution in [3.05, 3.63) is 59.4 Å². The monoisotopic (exact) mass is 427 g/mol. The number of carbonyl (C=O) groups excluding carboxylic acids is 2. The van der Waals surface area contributed by atoms with Gasteiger partial charge in [-0.15, -0.1) is 0 Å². The number of hydrogen-bond donors (Lipinski definition) is 1. The van der Waals surface area contributed by atoms with E-state index in [0.29, 0.717) is 24.3 Å². The van der Waals surface area contributed by atoms with Gasteiger partial charge in [0, 0.05) is 5.69 Å². The predicted octanol–water partition coefficient (Wildman–Crippen LogP) is 5.63. The normalized spacial score (nSPS) is 16.3. The highest BCUT2D eigenvalue weighted by Crippen LogP contribution is 2.41. The summed E-state index contributed by atoms with van der Waals surface area (Å²) in [6.45, 7) is 3.92. The van der Waals surface area contributed by atoms with E-state index >= 15 is 0 Å². The lowest BCUT2D eigenvalue weighted by atomic mass is 9.68. The van der Waals surface area contributed by atoms with Gasteiger partial charge in [-0.05, 0) is 62.1 Å². The van der Waals surface area contributed by atoms with Crippen molar-refractivity contribution in [3.8, 4) is 5.75 Å². The molecule has 0 bridgehead atoms. The molecule has 0 spiro atoms. The number of methoxy groups -OCH3 is 1. The van der Waals surface area contributed by atoms with Crippen molar-refractivity contribution in [1.82, 2.24) is 0 Å². The van der Waals surface area contributed by atoms with Gasteiger partial charge in [0.05, 0.1) is 18.6 Å². The summed E-state index contributed by atoms with van der Waals surface area (Å²) >= 11 is 0. The molecule has 0 radical (unpaired) electrons. The van der Waals surface area contributed by atoms with Gasteiger partial charge in [0.1, 0.15) is 17.1 Å². The van der Waals surface area contributed by atoms with Crippen molar-refractivity contribution in [1.29, 1.82) is 0 Å². The first-order valence-electron chi connectivity index (χ1n) is 10.9. The van der Waals surface area contributed by atoms with Gasteiger partial charge < -0.3 is 14.8 Å². The Balaban J connectivity index is 1.91. The van der Waals surface area contributed by atoms with Gasteiger partial charge in [0.15, 0.2) is 0 Å². The third-order valence-corrected chi connectivity index (χ3v) is 6.08. The van der Waals surface area contributed by atoms with Crippen molar-refractivity contribution in [2.24, 2.45) is 0 Å². The molecule has 31 heavy (non-hydrogen) atoms. The molecule has 166 valence electrons. The van der Waals surface area contributed by atoms with E-state index < -0.39 is 11.4 Å². The van der Waals surface area contributed by atoms with Gasteiger partial charge in [-0.2, -0.15) is 0 Å². The van der Waals surface area contributed by atoms with E-state index in [4.69, 9.17) is 9.47 Å². The Morgan fingerprint density at radius 3 is 2.39 bits per heavy atom. The van der Waals surface area contributed by atoms with E-state index in [-0.39, 0.29) is 23.4 Å². The average molecular weight is 428 g/mol. The van der Waals surface area contributed by atoms with E-state index in [1.807, 2.05) is 13.8 Å². The van der Waals surface area contributed by atoms with Crippen LogP contribution in [0.2, 0.25) is 0 Å². The highest BCUT2D eigenvalue weighted by molar-refractivity contribution is 6.01. The van der Waals surface area contributed by atoms with E-state index in [1.54, 1.807) is 30.3 Å². The molecule has 1 aliphatic carbocycles. The summed E-state index contributed by atoms with van der Waals surface area (Å²) in [5.41, 5.74) is 0.855. The second-order valence-corrected chi connectivity index (χ2v) is 8.14. The van der Waals surface area contributed by atoms with E-state index in [2.05, 4.69) is 5.32 Å². The van der Waals surface area contributed by atoms with Gasteiger partial charge >= 0.3 is 5.97 Å². The minimum atomic E-state index is -0.719. The van der Waals surface area contributed by atoms with Crippen molar-refractivity contribution in [3.63, 3.8) is 0 Å². The second-order valence-electron chi connectivity index (χ2n) is 8.14. The topological polar surface area (TPSA) is 64.6 Å². The van der Waals surface area contributed by atoms with Crippen LogP contribution in [0.25, 0.3) is 0 Å². The molecule has 6 heteroatoms. The van der Waals surface area contributed by atoms with Crippen LogP contribution < -0.4 is 10.1 Å². The summed E-state index contributed by atoms with van der Waals surface area (Å²) in [5.74, 6) is -0.578. The lowest BCUT2D eigenvalue weighted by Gasteiger charge is -2.36. The maximum absolute atomic E-state index is 13.5. The maximum Gasteiger partial charge on any atom is 0.341 e. The molecular formula is C25H30FNO4. The Morgan fingerprint density at radius 2 is 1.77 bits per heavy atom. The van der Waals surface area contributed by atoms with Crippen LogP contribution in [0, 0.1) is 5.82 Å². The van der Waals surface area contributed by atoms with Crippen molar-refractivity contribution < 1.29 is 23.5 Å². The Kier molecular flexibility index (Phi) is 7.31. The van der Waals surface area contributed by atoms with Gasteiger partial charge in [-0.1, -0.05) is 38.3 Å². The molecule has 0 aliphatic heterocycles. The first kappa shape index (κ1) is 22.8.